The summed E-state index contributed by atoms with van der Waals surface area (Å²) in [7, 11) is -0.424. The molecule has 4 aromatic carbocycles. The molecule has 0 saturated heterocycles. The fourth-order valence-electron chi connectivity index (χ4n) is 9.94. The zero-order chi connectivity index (χ0) is 66.5. The maximum atomic E-state index is 13.8. The summed E-state index contributed by atoms with van der Waals surface area (Å²) in [5.74, 6) is -3.51. The Balaban J connectivity index is 1.07. The first kappa shape index (κ1) is 71.3. The van der Waals surface area contributed by atoms with Crippen molar-refractivity contribution in [2.75, 3.05) is 40.8 Å². The van der Waals surface area contributed by atoms with Crippen LogP contribution in [0, 0.1) is 11.8 Å². The Bertz CT molecular complexity index is 3210. The summed E-state index contributed by atoms with van der Waals surface area (Å²) in [6, 6.07) is 25.9. The normalized spacial score (nSPS) is 12.2. The smallest absolute Gasteiger partial charge is 0.418 e. The summed E-state index contributed by atoms with van der Waals surface area (Å²) >= 11 is 0. The summed E-state index contributed by atoms with van der Waals surface area (Å²) in [6.07, 6.45) is 6.66. The number of furan rings is 2. The molecule has 6 rings (SSSR count). The van der Waals surface area contributed by atoms with Crippen LogP contribution in [0.1, 0.15) is 148 Å². The van der Waals surface area contributed by atoms with Gasteiger partial charge in [0.1, 0.15) is 46.0 Å². The number of ether oxygens (including phenoxy) is 4. The van der Waals surface area contributed by atoms with Gasteiger partial charge in [-0.3, -0.25) is 28.8 Å². The number of nitrogens with one attached hydrogen (secondary N) is 4. The fraction of sp³-hybridized carbons (Fsp3) is 0.394. The number of carbonyl (C=O) groups excluding carboxylic acids is 8. The third kappa shape index (κ3) is 20.6. The number of benzene rings is 4. The molecule has 6 amide bonds. The SMILES string of the molecule is CCCCC[C@@H](C(=O)NCNC(=O)c1ccc(-c2cc(OCC)cc(O[PH](=O)Oc3cc(OCC)cc(-c4ccc(C(=O)NCNC(=O)[C@H](CCCCC)[C@@H](CC)N(C=O)OC(=O)c5ccc(OC)cc5)o4)c3)c2)o1)[C@@H](CC)N(C=O)OC(=O)c1ccc(OC)cc1. The highest BCUT2D eigenvalue weighted by Gasteiger charge is 2.35. The van der Waals surface area contributed by atoms with Crippen molar-refractivity contribution in [3.63, 3.8) is 0 Å². The van der Waals surface area contributed by atoms with Crippen LogP contribution in [0.5, 0.6) is 34.5 Å². The Hall–Kier alpha value is -9.77. The minimum atomic E-state index is -3.40. The molecule has 494 valence electrons. The number of methoxy groups -OCH3 is 2. The average Bonchev–Trinajstić information content (AvgIpc) is 1.64. The first-order chi connectivity index (χ1) is 44.5. The van der Waals surface area contributed by atoms with Crippen LogP contribution >= 0.6 is 8.25 Å². The molecule has 0 aliphatic heterocycles. The molecule has 0 bridgehead atoms. The molecule has 4 N–H and O–H groups in total. The van der Waals surface area contributed by atoms with Crippen LogP contribution in [0.25, 0.3) is 22.6 Å². The zero-order valence-corrected chi connectivity index (χ0v) is 53.9. The highest BCUT2D eigenvalue weighted by molar-refractivity contribution is 7.34. The Morgan fingerprint density at radius 1 is 0.489 bits per heavy atom. The van der Waals surface area contributed by atoms with E-state index in [0.29, 0.717) is 72.6 Å². The lowest BCUT2D eigenvalue weighted by Crippen LogP contribution is -2.49. The quantitative estimate of drug-likeness (QED) is 0.00913. The maximum Gasteiger partial charge on any atom is 0.418 e. The zero-order valence-electron chi connectivity index (χ0n) is 52.9. The second kappa shape index (κ2) is 36.8. The van der Waals surface area contributed by atoms with Crippen LogP contribution in [0.4, 0.5) is 0 Å². The van der Waals surface area contributed by atoms with E-state index in [0.717, 1.165) is 35.8 Å². The molecule has 0 radical (unpaired) electrons. The first-order valence-corrected chi connectivity index (χ1v) is 31.7. The van der Waals surface area contributed by atoms with Gasteiger partial charge in [-0.2, -0.15) is 10.1 Å². The summed E-state index contributed by atoms with van der Waals surface area (Å²) in [5, 5.41) is 12.4. The molecular formula is C66H81N6O19P. The molecule has 0 aliphatic carbocycles. The molecule has 0 spiro atoms. The summed E-state index contributed by atoms with van der Waals surface area (Å²) in [6.45, 7) is 11.0. The van der Waals surface area contributed by atoms with Gasteiger partial charge in [0.25, 0.3) is 11.8 Å². The second-order valence-corrected chi connectivity index (χ2v) is 21.7. The van der Waals surface area contributed by atoms with Gasteiger partial charge >= 0.3 is 20.2 Å². The molecule has 92 heavy (non-hydrogen) atoms. The van der Waals surface area contributed by atoms with Gasteiger partial charge < -0.3 is 67.8 Å². The van der Waals surface area contributed by atoms with Crippen molar-refractivity contribution >= 4 is 56.6 Å². The second-order valence-electron chi connectivity index (χ2n) is 20.8. The molecular weight excluding hydrogens is 1210 g/mol. The largest absolute Gasteiger partial charge is 0.497 e. The number of hydrogen-bond acceptors (Lipinski definition) is 19. The van der Waals surface area contributed by atoms with E-state index < -0.39 is 67.7 Å². The van der Waals surface area contributed by atoms with Gasteiger partial charge in [0, 0.05) is 23.3 Å². The highest BCUT2D eigenvalue weighted by atomic mass is 31.1. The molecule has 6 aromatic rings. The van der Waals surface area contributed by atoms with Gasteiger partial charge in [0.2, 0.25) is 24.6 Å². The lowest BCUT2D eigenvalue weighted by Gasteiger charge is -2.31. The van der Waals surface area contributed by atoms with Gasteiger partial charge in [0.05, 0.1) is 75.8 Å². The molecule has 0 fully saturated rings. The number of hydrogen-bond donors (Lipinski definition) is 4. The molecule has 26 heteroatoms. The van der Waals surface area contributed by atoms with E-state index in [9.17, 15) is 42.9 Å². The van der Waals surface area contributed by atoms with E-state index in [4.69, 9.17) is 46.5 Å². The number of nitrogens with zero attached hydrogens (tertiary/aromatic N) is 2. The Kier molecular flexibility index (Phi) is 28.5. The van der Waals surface area contributed by atoms with E-state index >= 15 is 0 Å². The van der Waals surface area contributed by atoms with Crippen LogP contribution < -0.4 is 49.3 Å². The molecule has 2 aromatic heterocycles. The Labute approximate surface area is 534 Å². The van der Waals surface area contributed by atoms with Crippen molar-refractivity contribution in [3.05, 3.63) is 132 Å². The minimum Gasteiger partial charge on any atom is -0.497 e. The van der Waals surface area contributed by atoms with Gasteiger partial charge in [-0.15, -0.1) is 0 Å². The third-order valence-corrected chi connectivity index (χ3v) is 15.4. The number of amides is 6. The highest BCUT2D eigenvalue weighted by Crippen LogP contribution is 2.39. The maximum absolute atomic E-state index is 13.8. The van der Waals surface area contributed by atoms with E-state index in [1.807, 2.05) is 13.8 Å². The molecule has 25 nitrogen and oxygen atoms in total. The number of rotatable bonds is 40. The first-order valence-electron chi connectivity index (χ1n) is 30.5. The van der Waals surface area contributed by atoms with Gasteiger partial charge in [0.15, 0.2) is 11.5 Å². The standard InChI is InChI=1S/C66H81N6O19P/c1-9-15-17-19-53(55(11-3)71(41-73)88-65(79)43-21-25-47(82-7)26-22-43)61(75)67-39-69-63(77)59-31-29-57(86-59)45-33-49(84-13-5)37-51(35-45)90-92(81)91-52-36-46(34-50(38-52)85-14-6)58-30-32-60(87-58)64(78)70-40-68-62(76)54(20-18-16-10-2)56(12-4)72(42-74)89-66(80)44-23-27-48(83-8)28-24-44/h21-38,41-42,53-56,92H,9-20,39-40H2,1-8H3,(H,67,75)(H,68,76)(H,69,77)(H,70,78)/t53-,54-,55-,56-/m1/s1. The van der Waals surface area contributed by atoms with E-state index in [1.54, 1.807) is 64.1 Å². The summed E-state index contributed by atoms with van der Waals surface area (Å²) < 4.78 is 59.2. The van der Waals surface area contributed by atoms with Crippen molar-refractivity contribution < 1.29 is 89.4 Å². The topological polar surface area (TPSA) is 308 Å². The van der Waals surface area contributed by atoms with E-state index in [-0.39, 0.29) is 85.1 Å². The number of carbonyl (C=O) groups is 8. The van der Waals surface area contributed by atoms with Gasteiger partial charge in [-0.25, -0.2) is 14.2 Å². The molecule has 0 saturated carbocycles. The minimum absolute atomic E-state index is 0.0629. The van der Waals surface area contributed by atoms with Crippen molar-refractivity contribution in [1.29, 1.82) is 0 Å². The number of unbranched alkanes of at least 4 members (excludes halogenated alkanes) is 4. The lowest BCUT2D eigenvalue weighted by atomic mass is 9.90. The lowest BCUT2D eigenvalue weighted by molar-refractivity contribution is -0.171. The monoisotopic (exact) mass is 1290 g/mol. The molecule has 0 unspecified atom stereocenters. The third-order valence-electron chi connectivity index (χ3n) is 14.6. The predicted octanol–water partition coefficient (Wildman–Crippen LogP) is 10.9. The molecule has 2 heterocycles. The predicted molar refractivity (Wildman–Crippen MR) is 338 cm³/mol. The molecule has 4 atom stereocenters. The van der Waals surface area contributed by atoms with E-state index in [2.05, 4.69) is 21.3 Å². The van der Waals surface area contributed by atoms with E-state index in [1.165, 1.54) is 87.0 Å². The van der Waals surface area contributed by atoms with Crippen LogP contribution in [-0.2, 0) is 33.4 Å². The summed E-state index contributed by atoms with van der Waals surface area (Å²) in [4.78, 5) is 116. The van der Waals surface area contributed by atoms with Crippen LogP contribution in [-0.4, -0.2) is 111 Å². The molecule has 0 aliphatic rings. The average molecular weight is 1290 g/mol. The Morgan fingerprint density at radius 3 is 1.21 bits per heavy atom. The van der Waals surface area contributed by atoms with Crippen LogP contribution in [0.15, 0.2) is 118 Å². The fourth-order valence-corrected chi connectivity index (χ4v) is 10.6. The van der Waals surface area contributed by atoms with Crippen molar-refractivity contribution in [1.82, 2.24) is 31.4 Å². The van der Waals surface area contributed by atoms with Gasteiger partial charge in [-0.1, -0.05) is 66.2 Å². The summed E-state index contributed by atoms with van der Waals surface area (Å²) in [5.41, 5.74) is 1.11. The van der Waals surface area contributed by atoms with Gasteiger partial charge in [-0.05, 0) is 137 Å². The Morgan fingerprint density at radius 2 is 0.870 bits per heavy atom. The van der Waals surface area contributed by atoms with Crippen molar-refractivity contribution in [2.24, 2.45) is 11.8 Å². The number of hydroxylamine groups is 4. The van der Waals surface area contributed by atoms with Crippen LogP contribution in [0.3, 0.4) is 0 Å². The van der Waals surface area contributed by atoms with Crippen LogP contribution in [0.2, 0.25) is 0 Å². The van der Waals surface area contributed by atoms with Crippen molar-refractivity contribution in [2.45, 2.75) is 118 Å². The van der Waals surface area contributed by atoms with Crippen molar-refractivity contribution in [3.8, 4) is 57.1 Å².